The highest BCUT2D eigenvalue weighted by Gasteiger charge is 2.58. The molecule has 2 fully saturated rings. The SMILES string of the molecule is CCC1(CC)C(NC2CCC(C(=O)O)CC2)C(C)C1OC. The Labute approximate surface area is 128 Å². The molecule has 3 unspecified atom stereocenters. The van der Waals surface area contributed by atoms with Crippen molar-refractivity contribution in [1.82, 2.24) is 5.32 Å². The zero-order chi connectivity index (χ0) is 15.6. The second-order valence-corrected chi connectivity index (χ2v) is 6.99. The molecule has 0 aromatic rings. The van der Waals surface area contributed by atoms with Crippen LogP contribution in [-0.2, 0) is 9.53 Å². The number of carboxylic acid groups (broad SMARTS) is 1. The van der Waals surface area contributed by atoms with E-state index in [1.807, 2.05) is 7.11 Å². The van der Waals surface area contributed by atoms with Gasteiger partial charge in [0.15, 0.2) is 0 Å². The molecule has 0 saturated heterocycles. The predicted octanol–water partition coefficient (Wildman–Crippen LogP) is 3.06. The molecule has 0 spiro atoms. The molecule has 0 radical (unpaired) electrons. The van der Waals surface area contributed by atoms with E-state index in [0.717, 1.165) is 38.5 Å². The molecule has 0 aromatic heterocycles. The molecule has 2 aliphatic rings. The molecule has 4 nitrogen and oxygen atoms in total. The molecule has 0 amide bonds. The summed E-state index contributed by atoms with van der Waals surface area (Å²) in [6.45, 7) is 6.80. The third kappa shape index (κ3) is 2.85. The fraction of sp³-hybridized carbons (Fsp3) is 0.941. The summed E-state index contributed by atoms with van der Waals surface area (Å²) in [5.41, 5.74) is 0.248. The number of rotatable bonds is 6. The Morgan fingerprint density at radius 2 is 1.81 bits per heavy atom. The molecule has 0 bridgehead atoms. The maximum atomic E-state index is 11.0. The molecule has 3 atom stereocenters. The van der Waals surface area contributed by atoms with Gasteiger partial charge in [0.2, 0.25) is 0 Å². The maximum Gasteiger partial charge on any atom is 0.306 e. The van der Waals surface area contributed by atoms with Crippen LogP contribution in [0.3, 0.4) is 0 Å². The van der Waals surface area contributed by atoms with E-state index in [1.54, 1.807) is 0 Å². The Hall–Kier alpha value is -0.610. The lowest BCUT2D eigenvalue weighted by atomic mass is 9.53. The number of aliphatic carboxylic acids is 1. The average Bonchev–Trinajstić information content (AvgIpc) is 2.50. The number of methoxy groups -OCH3 is 1. The summed E-state index contributed by atoms with van der Waals surface area (Å²) < 4.78 is 5.75. The summed E-state index contributed by atoms with van der Waals surface area (Å²) in [5, 5.41) is 12.9. The van der Waals surface area contributed by atoms with Gasteiger partial charge in [0.25, 0.3) is 0 Å². The van der Waals surface area contributed by atoms with Crippen molar-refractivity contribution in [3.05, 3.63) is 0 Å². The Balaban J connectivity index is 1.95. The van der Waals surface area contributed by atoms with Gasteiger partial charge in [0.05, 0.1) is 12.0 Å². The van der Waals surface area contributed by atoms with Gasteiger partial charge in [-0.3, -0.25) is 4.79 Å². The summed E-state index contributed by atoms with van der Waals surface area (Å²) in [7, 11) is 1.83. The van der Waals surface area contributed by atoms with Crippen LogP contribution in [0.15, 0.2) is 0 Å². The first-order valence-corrected chi connectivity index (χ1v) is 8.51. The molecule has 21 heavy (non-hydrogen) atoms. The maximum absolute atomic E-state index is 11.0. The summed E-state index contributed by atoms with van der Waals surface area (Å²) in [6, 6.07) is 0.979. The molecule has 2 N–H and O–H groups in total. The molecular weight excluding hydrogens is 266 g/mol. The van der Waals surface area contributed by atoms with E-state index < -0.39 is 5.97 Å². The van der Waals surface area contributed by atoms with Gasteiger partial charge in [0.1, 0.15) is 0 Å². The number of ether oxygens (including phenoxy) is 1. The zero-order valence-electron chi connectivity index (χ0n) is 13.9. The first-order chi connectivity index (χ1) is 10.00. The average molecular weight is 297 g/mol. The molecule has 122 valence electrons. The minimum Gasteiger partial charge on any atom is -0.481 e. The van der Waals surface area contributed by atoms with Gasteiger partial charge < -0.3 is 15.2 Å². The van der Waals surface area contributed by atoms with Crippen LogP contribution >= 0.6 is 0 Å². The fourth-order valence-electron chi connectivity index (χ4n) is 4.90. The largest absolute Gasteiger partial charge is 0.481 e. The number of hydrogen-bond donors (Lipinski definition) is 2. The highest BCUT2D eigenvalue weighted by Crippen LogP contribution is 2.52. The number of carboxylic acids is 1. The molecule has 0 aliphatic heterocycles. The second-order valence-electron chi connectivity index (χ2n) is 6.99. The highest BCUT2D eigenvalue weighted by atomic mass is 16.5. The summed E-state index contributed by atoms with van der Waals surface area (Å²) in [5.74, 6) is -0.218. The summed E-state index contributed by atoms with van der Waals surface area (Å²) in [6.07, 6.45) is 6.21. The molecule has 4 heteroatoms. The normalized spacial score (nSPS) is 38.8. The first kappa shape index (κ1) is 16.8. The fourth-order valence-corrected chi connectivity index (χ4v) is 4.90. The van der Waals surface area contributed by atoms with Gasteiger partial charge in [-0.25, -0.2) is 0 Å². The van der Waals surface area contributed by atoms with Gasteiger partial charge in [0, 0.05) is 24.6 Å². The molecular formula is C17H31NO3. The summed E-state index contributed by atoms with van der Waals surface area (Å²) in [4.78, 5) is 11.0. The minimum atomic E-state index is -0.624. The van der Waals surface area contributed by atoms with E-state index in [0.29, 0.717) is 24.1 Å². The molecule has 2 rings (SSSR count). The van der Waals surface area contributed by atoms with E-state index in [-0.39, 0.29) is 11.3 Å². The predicted molar refractivity (Wildman–Crippen MR) is 83.3 cm³/mol. The van der Waals surface area contributed by atoms with Gasteiger partial charge in [-0.15, -0.1) is 0 Å². The van der Waals surface area contributed by atoms with Crippen molar-refractivity contribution < 1.29 is 14.6 Å². The Kier molecular flexibility index (Phi) is 5.31. The summed E-state index contributed by atoms with van der Waals surface area (Å²) >= 11 is 0. The van der Waals surface area contributed by atoms with Crippen molar-refractivity contribution in [3.63, 3.8) is 0 Å². The number of hydrogen-bond acceptors (Lipinski definition) is 3. The van der Waals surface area contributed by atoms with Crippen molar-refractivity contribution in [3.8, 4) is 0 Å². The van der Waals surface area contributed by atoms with Crippen LogP contribution < -0.4 is 5.32 Å². The third-order valence-corrected chi connectivity index (χ3v) is 6.25. The van der Waals surface area contributed by atoms with Crippen molar-refractivity contribution in [2.75, 3.05) is 7.11 Å². The van der Waals surface area contributed by atoms with Gasteiger partial charge in [-0.05, 0) is 44.4 Å². The lowest BCUT2D eigenvalue weighted by Crippen LogP contribution is -2.70. The molecule has 2 saturated carbocycles. The smallest absolute Gasteiger partial charge is 0.306 e. The lowest BCUT2D eigenvalue weighted by Gasteiger charge is -2.61. The van der Waals surface area contributed by atoms with Crippen molar-refractivity contribution in [1.29, 1.82) is 0 Å². The standard InChI is InChI=1S/C17H31NO3/c1-5-17(6-2)14(11(3)15(17)21-4)18-13-9-7-12(8-10-13)16(19)20/h11-15,18H,5-10H2,1-4H3,(H,19,20). The van der Waals surface area contributed by atoms with Crippen molar-refractivity contribution >= 4 is 5.97 Å². The van der Waals surface area contributed by atoms with Crippen molar-refractivity contribution in [2.45, 2.75) is 77.5 Å². The van der Waals surface area contributed by atoms with E-state index in [2.05, 4.69) is 26.1 Å². The third-order valence-electron chi connectivity index (χ3n) is 6.25. The van der Waals surface area contributed by atoms with Crippen molar-refractivity contribution in [2.24, 2.45) is 17.3 Å². The minimum absolute atomic E-state index is 0.129. The zero-order valence-corrected chi connectivity index (χ0v) is 13.9. The van der Waals surface area contributed by atoms with Crippen LogP contribution in [0.25, 0.3) is 0 Å². The second kappa shape index (κ2) is 6.66. The number of carbonyl (C=O) groups is 1. The van der Waals surface area contributed by atoms with E-state index in [1.165, 1.54) is 0 Å². The number of nitrogens with one attached hydrogen (secondary N) is 1. The van der Waals surface area contributed by atoms with Gasteiger partial charge in [-0.2, -0.15) is 0 Å². The Morgan fingerprint density at radius 1 is 1.24 bits per heavy atom. The first-order valence-electron chi connectivity index (χ1n) is 8.51. The van der Waals surface area contributed by atoms with Gasteiger partial charge >= 0.3 is 5.97 Å². The molecule has 0 heterocycles. The van der Waals surface area contributed by atoms with Crippen LogP contribution in [0.5, 0.6) is 0 Å². The van der Waals surface area contributed by atoms with E-state index >= 15 is 0 Å². The van der Waals surface area contributed by atoms with E-state index in [9.17, 15) is 4.79 Å². The highest BCUT2D eigenvalue weighted by molar-refractivity contribution is 5.70. The van der Waals surface area contributed by atoms with E-state index in [4.69, 9.17) is 9.84 Å². The lowest BCUT2D eigenvalue weighted by molar-refractivity contribution is -0.171. The quantitative estimate of drug-likeness (QED) is 0.791. The monoisotopic (exact) mass is 297 g/mol. The molecule has 0 aromatic carbocycles. The topological polar surface area (TPSA) is 58.6 Å². The van der Waals surface area contributed by atoms with Crippen LogP contribution in [0.4, 0.5) is 0 Å². The Bertz CT molecular complexity index is 359. The van der Waals surface area contributed by atoms with Crippen LogP contribution in [0, 0.1) is 17.3 Å². The Morgan fingerprint density at radius 3 is 2.24 bits per heavy atom. The molecule has 2 aliphatic carbocycles. The van der Waals surface area contributed by atoms with Gasteiger partial charge in [-0.1, -0.05) is 20.8 Å². The van der Waals surface area contributed by atoms with Crippen LogP contribution in [-0.4, -0.2) is 36.4 Å². The van der Waals surface area contributed by atoms with Crippen LogP contribution in [0.1, 0.15) is 59.3 Å². The van der Waals surface area contributed by atoms with Crippen LogP contribution in [0.2, 0.25) is 0 Å².